The third-order valence-electron chi connectivity index (χ3n) is 2.06. The van der Waals surface area contributed by atoms with E-state index in [1.54, 1.807) is 11.6 Å². The van der Waals surface area contributed by atoms with Crippen molar-refractivity contribution in [1.82, 2.24) is 15.0 Å². The number of rotatable bonds is 3. The molecule has 1 heterocycles. The maximum absolute atomic E-state index is 5.44. The number of nitrogens with zero attached hydrogens (tertiary/aromatic N) is 3. The van der Waals surface area contributed by atoms with Crippen LogP contribution in [0.15, 0.2) is 24.3 Å². The minimum atomic E-state index is 0. The van der Waals surface area contributed by atoms with Gasteiger partial charge >= 0.3 is 18.9 Å². The van der Waals surface area contributed by atoms with Gasteiger partial charge in [0.1, 0.15) is 6.23 Å². The monoisotopic (exact) mass is 221 g/mol. The van der Waals surface area contributed by atoms with Gasteiger partial charge < -0.3 is 4.74 Å². The molecule has 0 aliphatic heterocycles. The van der Waals surface area contributed by atoms with E-state index in [0.29, 0.717) is 12.8 Å². The molecule has 0 saturated carbocycles. The van der Waals surface area contributed by atoms with E-state index < -0.39 is 0 Å². The summed E-state index contributed by atoms with van der Waals surface area (Å²) in [6.07, 6.45) is 0.513. The number of ether oxygens (including phenoxy) is 1. The van der Waals surface area contributed by atoms with E-state index in [1.807, 2.05) is 31.2 Å². The average Bonchev–Trinajstić information content (AvgIpc) is 2.72. The smallest absolute Gasteiger partial charge is 0.383 e. The summed E-state index contributed by atoms with van der Waals surface area (Å²) in [6.45, 7) is 4.23. The quantitative estimate of drug-likeness (QED) is 0.372. The van der Waals surface area contributed by atoms with Crippen molar-refractivity contribution >= 4 is 11.0 Å². The molecule has 5 heteroatoms. The van der Waals surface area contributed by atoms with E-state index >= 15 is 0 Å². The molecule has 1 aromatic heterocycles. The predicted molar refractivity (Wildman–Crippen MR) is 61.2 cm³/mol. The summed E-state index contributed by atoms with van der Waals surface area (Å²) < 4.78 is 7.06. The molecule has 0 N–H and O–H groups in total. The van der Waals surface area contributed by atoms with Crippen molar-refractivity contribution in [2.45, 2.75) is 13.8 Å². The zero-order chi connectivity index (χ0) is 11.4. The van der Waals surface area contributed by atoms with E-state index in [4.69, 9.17) is 4.74 Å². The van der Waals surface area contributed by atoms with Crippen LogP contribution in [-0.2, 0) is 4.74 Å². The molecule has 0 radical (unpaired) electrons. The second-order valence-electron chi connectivity index (χ2n) is 3.10. The van der Waals surface area contributed by atoms with E-state index in [1.165, 1.54) is 0 Å². The molecule has 0 fully saturated rings. The van der Waals surface area contributed by atoms with Crippen molar-refractivity contribution in [3.8, 4) is 11.8 Å². The molecule has 0 atom stereocenters. The van der Waals surface area contributed by atoms with Crippen LogP contribution in [0.1, 0.15) is 13.8 Å². The fourth-order valence-electron chi connectivity index (χ4n) is 1.41. The van der Waals surface area contributed by atoms with Crippen LogP contribution in [0, 0.1) is 18.1 Å². The van der Waals surface area contributed by atoms with Crippen molar-refractivity contribution < 1.29 is 23.6 Å². The normalized spacial score (nSPS) is 9.29. The van der Waals surface area contributed by atoms with Crippen LogP contribution in [0.5, 0.6) is 0 Å². The summed E-state index contributed by atoms with van der Waals surface area (Å²) >= 11 is 0. The van der Waals surface area contributed by atoms with Gasteiger partial charge in [-0.1, -0.05) is 30.3 Å². The van der Waals surface area contributed by atoms with Gasteiger partial charge in [-0.3, -0.25) is 4.68 Å². The van der Waals surface area contributed by atoms with Crippen LogP contribution >= 0.6 is 0 Å². The first kappa shape index (κ1) is 13.7. The van der Waals surface area contributed by atoms with E-state index in [0.717, 1.165) is 11.0 Å². The molecule has 2 rings (SSSR count). The summed E-state index contributed by atoms with van der Waals surface area (Å²) in [5.74, 6) is 5.69. The SMILES string of the molecule is CC#C[C-](OCC)n1nnc2ccccc21.[Li+]. The number of fused-ring (bicyclic) bond motifs is 1. The summed E-state index contributed by atoms with van der Waals surface area (Å²) in [7, 11) is 0. The summed E-state index contributed by atoms with van der Waals surface area (Å²) in [4.78, 5) is 0. The fourth-order valence-corrected chi connectivity index (χ4v) is 1.41. The van der Waals surface area contributed by atoms with Gasteiger partial charge in [0.15, 0.2) is 0 Å². The molecule has 0 amide bonds. The number of para-hydroxylation sites is 1. The third-order valence-corrected chi connectivity index (χ3v) is 2.06. The Morgan fingerprint density at radius 3 is 2.88 bits per heavy atom. The Hall–Kier alpha value is -1.39. The predicted octanol–water partition coefficient (Wildman–Crippen LogP) is -1.17. The number of hydrogen-bond acceptors (Lipinski definition) is 3. The molecule has 0 aliphatic carbocycles. The molecule has 0 aliphatic rings. The van der Waals surface area contributed by atoms with Crippen molar-refractivity contribution in [3.63, 3.8) is 0 Å². The van der Waals surface area contributed by atoms with E-state index in [2.05, 4.69) is 22.2 Å². The molecule has 0 spiro atoms. The van der Waals surface area contributed by atoms with Crippen LogP contribution in [-0.4, -0.2) is 21.6 Å². The average molecular weight is 221 g/mol. The van der Waals surface area contributed by atoms with Gasteiger partial charge in [-0.25, -0.2) is 5.92 Å². The van der Waals surface area contributed by atoms with E-state index in [-0.39, 0.29) is 18.9 Å². The summed E-state index contributed by atoms with van der Waals surface area (Å²) in [5, 5.41) is 8.08. The van der Waals surface area contributed by atoms with Crippen molar-refractivity contribution in [2.75, 3.05) is 6.61 Å². The second kappa shape index (κ2) is 6.37. The minimum Gasteiger partial charge on any atom is -0.383 e. The van der Waals surface area contributed by atoms with E-state index in [9.17, 15) is 0 Å². The van der Waals surface area contributed by atoms with Gasteiger partial charge in [0.05, 0.1) is 5.52 Å². The molecular weight excluding hydrogens is 209 g/mol. The van der Waals surface area contributed by atoms with Gasteiger partial charge in [0.2, 0.25) is 0 Å². The maximum Gasteiger partial charge on any atom is 1.00 e. The number of aromatic nitrogens is 3. The Morgan fingerprint density at radius 2 is 2.18 bits per heavy atom. The molecule has 2 aromatic rings. The summed E-state index contributed by atoms with van der Waals surface area (Å²) in [5.41, 5.74) is 1.73. The molecule has 1 aromatic carbocycles. The Kier molecular flexibility index (Phi) is 5.12. The molecule has 0 bridgehead atoms. The van der Waals surface area contributed by atoms with Crippen LogP contribution in [0.2, 0.25) is 0 Å². The Bertz CT molecular complexity index is 541. The molecular formula is C12H12LiN3O. The van der Waals surface area contributed by atoms with Crippen LogP contribution in [0.25, 0.3) is 11.0 Å². The van der Waals surface area contributed by atoms with Gasteiger partial charge in [0, 0.05) is 6.61 Å². The van der Waals surface area contributed by atoms with Crippen molar-refractivity contribution in [3.05, 3.63) is 30.5 Å². The van der Waals surface area contributed by atoms with Gasteiger partial charge in [-0.15, -0.1) is 5.10 Å². The first-order valence-corrected chi connectivity index (χ1v) is 5.10. The summed E-state index contributed by atoms with van der Waals surface area (Å²) in [6, 6.07) is 7.70. The number of benzene rings is 1. The molecule has 82 valence electrons. The van der Waals surface area contributed by atoms with Crippen molar-refractivity contribution in [1.29, 1.82) is 0 Å². The van der Waals surface area contributed by atoms with Gasteiger partial charge in [-0.05, 0) is 18.5 Å². The topological polar surface area (TPSA) is 39.9 Å². The Morgan fingerprint density at radius 1 is 1.41 bits per heavy atom. The maximum atomic E-state index is 5.44. The first-order valence-electron chi connectivity index (χ1n) is 5.10. The molecule has 0 saturated heterocycles. The zero-order valence-corrected chi connectivity index (χ0v) is 10.3. The van der Waals surface area contributed by atoms with Crippen LogP contribution in [0.3, 0.4) is 0 Å². The molecule has 17 heavy (non-hydrogen) atoms. The Labute approximate surface area is 113 Å². The van der Waals surface area contributed by atoms with Crippen LogP contribution < -0.4 is 18.9 Å². The number of hydrogen-bond donors (Lipinski definition) is 0. The minimum absolute atomic E-state index is 0. The zero-order valence-electron chi connectivity index (χ0n) is 10.3. The second-order valence-corrected chi connectivity index (χ2v) is 3.10. The van der Waals surface area contributed by atoms with Gasteiger partial charge in [0.25, 0.3) is 0 Å². The van der Waals surface area contributed by atoms with Crippen LogP contribution in [0.4, 0.5) is 0 Å². The third kappa shape index (κ3) is 2.84. The van der Waals surface area contributed by atoms with Gasteiger partial charge in [-0.2, -0.15) is 5.92 Å². The largest absolute Gasteiger partial charge is 1.00 e. The molecule has 4 nitrogen and oxygen atoms in total. The standard InChI is InChI=1S/C12H12N3O.Li/c1-3-7-12(16-4-2)15-11-9-6-5-8-10(11)13-14-15;/h5-6,8-9H,4H2,1-2H3;/q-1;+1. The molecule has 0 unspecified atom stereocenters. The first-order chi connectivity index (χ1) is 7.86. The van der Waals surface area contributed by atoms with Crippen molar-refractivity contribution in [2.24, 2.45) is 0 Å². The fraction of sp³-hybridized carbons (Fsp3) is 0.250. The Balaban J connectivity index is 0.00000144.